The van der Waals surface area contributed by atoms with E-state index >= 15 is 0 Å². The van der Waals surface area contributed by atoms with Crippen molar-refractivity contribution in [2.24, 2.45) is 5.73 Å². The molecule has 2 aromatic rings. The van der Waals surface area contributed by atoms with E-state index in [1.54, 1.807) is 18.4 Å². The maximum atomic E-state index is 6.07. The molecule has 5 heteroatoms. The summed E-state index contributed by atoms with van der Waals surface area (Å²) in [4.78, 5) is 1.13. The van der Waals surface area contributed by atoms with Gasteiger partial charge in [0.05, 0.1) is 10.4 Å². The Morgan fingerprint density at radius 1 is 1.19 bits per heavy atom. The first-order chi connectivity index (χ1) is 10.1. The molecule has 0 aliphatic heterocycles. The zero-order chi connectivity index (χ0) is 15.2. The summed E-state index contributed by atoms with van der Waals surface area (Å²) in [5, 5.41) is 0. The van der Waals surface area contributed by atoms with Gasteiger partial charge in [0.1, 0.15) is 11.9 Å². The van der Waals surface area contributed by atoms with Gasteiger partial charge in [-0.05, 0) is 59.1 Å². The molecule has 1 aromatic heterocycles. The minimum absolute atomic E-state index is 0.0799. The van der Waals surface area contributed by atoms with Crippen LogP contribution in [0.1, 0.15) is 23.5 Å². The number of thiophene rings is 1. The van der Waals surface area contributed by atoms with Crippen LogP contribution in [0.4, 0.5) is 0 Å². The fourth-order valence-electron chi connectivity index (χ4n) is 2.01. The molecular formula is C16H20BrNO2S. The van der Waals surface area contributed by atoms with E-state index in [4.69, 9.17) is 15.2 Å². The van der Waals surface area contributed by atoms with Gasteiger partial charge in [-0.1, -0.05) is 12.1 Å². The van der Waals surface area contributed by atoms with Crippen LogP contribution in [0.5, 0.6) is 5.75 Å². The van der Waals surface area contributed by atoms with Crippen LogP contribution in [0.2, 0.25) is 0 Å². The standard InChI is InChI=1S/C16H20BrNO2S/c1-11(18)16(14-7-8-15(17)21-14)20-13-5-3-12(4-6-13)9-10-19-2/h3-8,11,16H,9-10,18H2,1-2H3. The Morgan fingerprint density at radius 3 is 2.43 bits per heavy atom. The smallest absolute Gasteiger partial charge is 0.148 e. The van der Waals surface area contributed by atoms with Crippen molar-refractivity contribution < 1.29 is 9.47 Å². The summed E-state index contributed by atoms with van der Waals surface area (Å²) in [6.07, 6.45) is 0.775. The molecule has 1 heterocycles. The Bertz CT molecular complexity index is 554. The number of hydrogen-bond acceptors (Lipinski definition) is 4. The molecule has 0 radical (unpaired) electrons. The molecule has 2 unspecified atom stereocenters. The van der Waals surface area contributed by atoms with E-state index in [-0.39, 0.29) is 12.1 Å². The Balaban J connectivity index is 2.07. The molecule has 0 fully saturated rings. The number of benzene rings is 1. The predicted molar refractivity (Wildman–Crippen MR) is 91.1 cm³/mol. The largest absolute Gasteiger partial charge is 0.483 e. The summed E-state index contributed by atoms with van der Waals surface area (Å²) >= 11 is 5.13. The lowest BCUT2D eigenvalue weighted by Gasteiger charge is -2.21. The predicted octanol–water partition coefficient (Wildman–Crippen LogP) is 4.17. The third-order valence-corrected chi connectivity index (χ3v) is 4.82. The molecule has 21 heavy (non-hydrogen) atoms. The molecule has 2 atom stereocenters. The molecule has 2 rings (SSSR count). The third kappa shape index (κ3) is 4.81. The Morgan fingerprint density at radius 2 is 1.90 bits per heavy atom. The molecule has 0 amide bonds. The Kier molecular flexibility index (Phi) is 6.23. The van der Waals surface area contributed by atoms with Crippen molar-refractivity contribution in [3.63, 3.8) is 0 Å². The summed E-state index contributed by atoms with van der Waals surface area (Å²) < 4.78 is 12.2. The lowest BCUT2D eigenvalue weighted by molar-refractivity contribution is 0.184. The number of hydrogen-bond donors (Lipinski definition) is 1. The van der Waals surface area contributed by atoms with Gasteiger partial charge in [0.2, 0.25) is 0 Å². The highest BCUT2D eigenvalue weighted by atomic mass is 79.9. The summed E-state index contributed by atoms with van der Waals surface area (Å²) in [7, 11) is 1.71. The minimum Gasteiger partial charge on any atom is -0.483 e. The van der Waals surface area contributed by atoms with E-state index in [1.807, 2.05) is 25.1 Å². The monoisotopic (exact) mass is 369 g/mol. The van der Waals surface area contributed by atoms with Crippen molar-refractivity contribution in [3.05, 3.63) is 50.6 Å². The molecule has 114 valence electrons. The number of rotatable bonds is 7. The van der Waals surface area contributed by atoms with E-state index < -0.39 is 0 Å². The van der Waals surface area contributed by atoms with Crippen molar-refractivity contribution in [1.29, 1.82) is 0 Å². The zero-order valence-corrected chi connectivity index (χ0v) is 14.6. The van der Waals surface area contributed by atoms with Crippen LogP contribution in [0.25, 0.3) is 0 Å². The van der Waals surface area contributed by atoms with Crippen LogP contribution in [-0.2, 0) is 11.2 Å². The highest BCUT2D eigenvalue weighted by Crippen LogP contribution is 2.32. The number of halogens is 1. The average molecular weight is 370 g/mol. The van der Waals surface area contributed by atoms with E-state index in [9.17, 15) is 0 Å². The first-order valence-corrected chi connectivity index (χ1v) is 8.46. The average Bonchev–Trinajstić information content (AvgIpc) is 2.89. The fourth-order valence-corrected chi connectivity index (χ4v) is 3.58. The fraction of sp³-hybridized carbons (Fsp3) is 0.375. The van der Waals surface area contributed by atoms with Gasteiger partial charge in [-0.15, -0.1) is 11.3 Å². The van der Waals surface area contributed by atoms with Crippen molar-refractivity contribution in [2.45, 2.75) is 25.5 Å². The molecule has 0 bridgehead atoms. The van der Waals surface area contributed by atoms with Crippen LogP contribution in [0.15, 0.2) is 40.2 Å². The molecule has 1 aromatic carbocycles. The van der Waals surface area contributed by atoms with Gasteiger partial charge in [-0.25, -0.2) is 0 Å². The van der Waals surface area contributed by atoms with Crippen molar-refractivity contribution in [1.82, 2.24) is 0 Å². The number of ether oxygens (including phenoxy) is 2. The second-order valence-electron chi connectivity index (χ2n) is 4.93. The number of nitrogens with two attached hydrogens (primary N) is 1. The molecular weight excluding hydrogens is 350 g/mol. The maximum absolute atomic E-state index is 6.07. The van der Waals surface area contributed by atoms with Gasteiger partial charge in [-0.2, -0.15) is 0 Å². The summed E-state index contributed by atoms with van der Waals surface area (Å²) in [6.45, 7) is 2.69. The molecule has 0 saturated heterocycles. The number of methoxy groups -OCH3 is 1. The SMILES string of the molecule is COCCc1ccc(OC(c2ccc(Br)s2)C(C)N)cc1. The van der Waals surface area contributed by atoms with Crippen molar-refractivity contribution in [2.75, 3.05) is 13.7 Å². The molecule has 2 N–H and O–H groups in total. The van der Waals surface area contributed by atoms with E-state index in [0.717, 1.165) is 27.4 Å². The van der Waals surface area contributed by atoms with Gasteiger partial charge >= 0.3 is 0 Å². The topological polar surface area (TPSA) is 44.5 Å². The first kappa shape index (κ1) is 16.5. The highest BCUT2D eigenvalue weighted by Gasteiger charge is 2.20. The van der Waals surface area contributed by atoms with E-state index in [1.165, 1.54) is 5.56 Å². The maximum Gasteiger partial charge on any atom is 0.148 e. The zero-order valence-electron chi connectivity index (χ0n) is 12.2. The molecule has 3 nitrogen and oxygen atoms in total. The lowest BCUT2D eigenvalue weighted by Crippen LogP contribution is -2.28. The highest BCUT2D eigenvalue weighted by molar-refractivity contribution is 9.11. The van der Waals surface area contributed by atoms with Crippen molar-refractivity contribution in [3.8, 4) is 5.75 Å². The van der Waals surface area contributed by atoms with E-state index in [2.05, 4.69) is 34.1 Å². The van der Waals surface area contributed by atoms with Crippen molar-refractivity contribution >= 4 is 27.3 Å². The van der Waals surface area contributed by atoms with Gasteiger partial charge in [-0.3, -0.25) is 0 Å². The molecule has 0 aliphatic carbocycles. The van der Waals surface area contributed by atoms with Crippen LogP contribution in [0.3, 0.4) is 0 Å². The summed E-state index contributed by atoms with van der Waals surface area (Å²) in [5.41, 5.74) is 7.31. The first-order valence-electron chi connectivity index (χ1n) is 6.85. The Hall–Kier alpha value is -0.880. The molecule has 0 spiro atoms. The summed E-state index contributed by atoms with van der Waals surface area (Å²) in [6, 6.07) is 12.1. The molecule has 0 aliphatic rings. The normalized spacial score (nSPS) is 13.9. The minimum atomic E-state index is -0.133. The van der Waals surface area contributed by atoms with Gasteiger partial charge < -0.3 is 15.2 Å². The quantitative estimate of drug-likeness (QED) is 0.796. The van der Waals surface area contributed by atoms with Crippen LogP contribution >= 0.6 is 27.3 Å². The Labute approximate surface area is 138 Å². The third-order valence-electron chi connectivity index (χ3n) is 3.13. The van der Waals surface area contributed by atoms with Gasteiger partial charge in [0.15, 0.2) is 0 Å². The van der Waals surface area contributed by atoms with Crippen LogP contribution < -0.4 is 10.5 Å². The lowest BCUT2D eigenvalue weighted by atomic mass is 10.1. The van der Waals surface area contributed by atoms with Crippen LogP contribution in [0, 0.1) is 0 Å². The molecule has 0 saturated carbocycles. The van der Waals surface area contributed by atoms with Gasteiger partial charge in [0, 0.05) is 18.0 Å². The second kappa shape index (κ2) is 7.94. The van der Waals surface area contributed by atoms with Gasteiger partial charge in [0.25, 0.3) is 0 Å². The summed E-state index contributed by atoms with van der Waals surface area (Å²) in [5.74, 6) is 0.836. The van der Waals surface area contributed by atoms with Crippen LogP contribution in [-0.4, -0.2) is 19.8 Å². The van der Waals surface area contributed by atoms with E-state index in [0.29, 0.717) is 0 Å². The second-order valence-corrected chi connectivity index (χ2v) is 7.42.